The van der Waals surface area contributed by atoms with Gasteiger partial charge in [-0.2, -0.15) is 13.2 Å². The van der Waals surface area contributed by atoms with Crippen molar-refractivity contribution >= 4 is 34.1 Å². The second kappa shape index (κ2) is 10.2. The molecule has 0 saturated heterocycles. The van der Waals surface area contributed by atoms with Gasteiger partial charge in [-0.05, 0) is 91.6 Å². The maximum absolute atomic E-state index is 13.4. The second-order valence-electron chi connectivity index (χ2n) is 9.27. The van der Waals surface area contributed by atoms with E-state index in [2.05, 4.69) is 25.6 Å². The summed E-state index contributed by atoms with van der Waals surface area (Å²) in [5, 5.41) is 6.60. The number of amides is 1. The normalized spacial score (nSPS) is 11.4. The van der Waals surface area contributed by atoms with Crippen LogP contribution in [0.5, 0.6) is 0 Å². The molecule has 0 unspecified atom stereocenters. The molecule has 0 aliphatic carbocycles. The Bertz CT molecular complexity index is 1700. The number of anilines is 3. The summed E-state index contributed by atoms with van der Waals surface area (Å²) < 4.78 is 40.2. The third-order valence-electron chi connectivity index (χ3n) is 6.32. The van der Waals surface area contributed by atoms with E-state index >= 15 is 0 Å². The van der Waals surface area contributed by atoms with Gasteiger partial charge in [-0.25, -0.2) is 9.97 Å². The molecule has 0 aliphatic heterocycles. The zero-order valence-electron chi connectivity index (χ0n) is 21.4. The van der Waals surface area contributed by atoms with Gasteiger partial charge in [0.25, 0.3) is 5.91 Å². The third kappa shape index (κ3) is 5.57. The molecule has 0 fully saturated rings. The first-order valence-electron chi connectivity index (χ1n) is 12.1. The Kier molecular flexibility index (Phi) is 6.74. The topological polar surface area (TPSA) is 79.8 Å². The molecule has 0 saturated carbocycles. The maximum atomic E-state index is 13.4. The largest absolute Gasteiger partial charge is 0.417 e. The summed E-state index contributed by atoms with van der Waals surface area (Å²) in [6, 6.07) is 17.7. The van der Waals surface area contributed by atoms with Crippen LogP contribution in [0.25, 0.3) is 22.0 Å². The molecule has 0 atom stereocenters. The average molecular weight is 528 g/mol. The number of nitrogens with zero attached hydrogens (tertiary/aromatic N) is 3. The minimum atomic E-state index is -4.64. The summed E-state index contributed by atoms with van der Waals surface area (Å²) in [4.78, 5) is 26.2. The van der Waals surface area contributed by atoms with Crippen LogP contribution in [0, 0.1) is 20.8 Å². The van der Waals surface area contributed by atoms with Crippen LogP contribution in [0.1, 0.15) is 32.7 Å². The van der Waals surface area contributed by atoms with Gasteiger partial charge in [-0.1, -0.05) is 18.2 Å². The van der Waals surface area contributed by atoms with Crippen LogP contribution in [0.3, 0.4) is 0 Å². The number of carbonyl (C=O) groups excluding carboxylic acids is 1. The molecule has 9 heteroatoms. The quantitative estimate of drug-likeness (QED) is 0.246. The molecule has 5 rings (SSSR count). The molecule has 3 aromatic carbocycles. The lowest BCUT2D eigenvalue weighted by atomic mass is 9.96. The zero-order valence-corrected chi connectivity index (χ0v) is 21.4. The van der Waals surface area contributed by atoms with Crippen molar-refractivity contribution in [3.63, 3.8) is 0 Å². The van der Waals surface area contributed by atoms with Crippen LogP contribution in [-0.4, -0.2) is 20.9 Å². The molecule has 196 valence electrons. The minimum Gasteiger partial charge on any atom is -0.323 e. The van der Waals surface area contributed by atoms with Crippen molar-refractivity contribution in [2.45, 2.75) is 26.9 Å². The van der Waals surface area contributed by atoms with Gasteiger partial charge in [0.1, 0.15) is 0 Å². The molecule has 0 bridgehead atoms. The Labute approximate surface area is 223 Å². The molecule has 0 aliphatic rings. The van der Waals surface area contributed by atoms with E-state index in [4.69, 9.17) is 0 Å². The Morgan fingerprint density at radius 2 is 1.59 bits per heavy atom. The molecule has 2 heterocycles. The summed E-state index contributed by atoms with van der Waals surface area (Å²) >= 11 is 0. The molecule has 0 radical (unpaired) electrons. The van der Waals surface area contributed by atoms with Crippen molar-refractivity contribution in [3.8, 4) is 11.1 Å². The monoisotopic (exact) mass is 527 g/mol. The second-order valence-corrected chi connectivity index (χ2v) is 9.27. The standard InChI is InChI=1S/C30H24F3N5O/c1-17-8-10-22(36-28(39)24-6-4-5-7-26(24)30(31,32)33)14-25(17)20-12-18(2)27-21(13-20)15-35-29(38-27)37-23-11-9-19(3)34-16-23/h4-16H,1-3H3,(H,36,39)(H,35,37,38). The predicted octanol–water partition coefficient (Wildman–Crippen LogP) is 7.63. The number of benzene rings is 3. The highest BCUT2D eigenvalue weighted by molar-refractivity contribution is 6.05. The lowest BCUT2D eigenvalue weighted by Crippen LogP contribution is -2.18. The van der Waals surface area contributed by atoms with E-state index in [0.717, 1.165) is 50.6 Å². The molecular formula is C30H24F3N5O. The van der Waals surface area contributed by atoms with E-state index < -0.39 is 23.2 Å². The van der Waals surface area contributed by atoms with E-state index in [1.807, 2.05) is 51.1 Å². The number of carbonyl (C=O) groups is 1. The Balaban J connectivity index is 1.44. The smallest absolute Gasteiger partial charge is 0.323 e. The summed E-state index contributed by atoms with van der Waals surface area (Å²) in [7, 11) is 0. The highest BCUT2D eigenvalue weighted by atomic mass is 19.4. The van der Waals surface area contributed by atoms with E-state index in [1.165, 1.54) is 18.2 Å². The highest BCUT2D eigenvalue weighted by Gasteiger charge is 2.34. The van der Waals surface area contributed by atoms with Crippen LogP contribution in [0.4, 0.5) is 30.5 Å². The average Bonchev–Trinajstić information content (AvgIpc) is 2.91. The van der Waals surface area contributed by atoms with Gasteiger partial charge in [-0.15, -0.1) is 0 Å². The minimum absolute atomic E-state index is 0.387. The van der Waals surface area contributed by atoms with Crippen molar-refractivity contribution in [2.24, 2.45) is 0 Å². The van der Waals surface area contributed by atoms with E-state index in [1.54, 1.807) is 24.5 Å². The summed E-state index contributed by atoms with van der Waals surface area (Å²) in [5.41, 5.74) is 5.00. The Morgan fingerprint density at radius 1 is 0.821 bits per heavy atom. The maximum Gasteiger partial charge on any atom is 0.417 e. The molecule has 5 aromatic rings. The molecule has 39 heavy (non-hydrogen) atoms. The molecule has 6 nitrogen and oxygen atoms in total. The number of hydrogen-bond acceptors (Lipinski definition) is 5. The van der Waals surface area contributed by atoms with Crippen LogP contribution >= 0.6 is 0 Å². The molecule has 1 amide bonds. The lowest BCUT2D eigenvalue weighted by Gasteiger charge is -2.15. The van der Waals surface area contributed by atoms with Gasteiger partial charge in [-0.3, -0.25) is 9.78 Å². The van der Waals surface area contributed by atoms with Crippen LogP contribution in [0.15, 0.2) is 79.1 Å². The number of pyridine rings is 1. The molecular weight excluding hydrogens is 503 g/mol. The number of fused-ring (bicyclic) bond motifs is 1. The number of aromatic nitrogens is 3. The van der Waals surface area contributed by atoms with Gasteiger partial charge < -0.3 is 10.6 Å². The van der Waals surface area contributed by atoms with Gasteiger partial charge in [0.15, 0.2) is 0 Å². The summed E-state index contributed by atoms with van der Waals surface area (Å²) in [5.74, 6) is -0.381. The Morgan fingerprint density at radius 3 is 2.33 bits per heavy atom. The van der Waals surface area contributed by atoms with Gasteiger partial charge in [0.2, 0.25) is 5.95 Å². The number of halogens is 3. The van der Waals surface area contributed by atoms with Crippen molar-refractivity contribution in [2.75, 3.05) is 10.6 Å². The first-order chi connectivity index (χ1) is 18.6. The van der Waals surface area contributed by atoms with Gasteiger partial charge in [0.05, 0.1) is 28.5 Å². The summed E-state index contributed by atoms with van der Waals surface area (Å²) in [6.07, 6.45) is -1.18. The van der Waals surface area contributed by atoms with Gasteiger partial charge in [0, 0.05) is 23.0 Å². The highest BCUT2D eigenvalue weighted by Crippen LogP contribution is 2.34. The van der Waals surface area contributed by atoms with Crippen molar-refractivity contribution < 1.29 is 18.0 Å². The Hall–Kier alpha value is -4.79. The van der Waals surface area contributed by atoms with Gasteiger partial charge >= 0.3 is 6.18 Å². The first-order valence-corrected chi connectivity index (χ1v) is 12.1. The summed E-state index contributed by atoms with van der Waals surface area (Å²) in [6.45, 7) is 5.79. The number of nitrogens with one attached hydrogen (secondary N) is 2. The fourth-order valence-electron chi connectivity index (χ4n) is 4.35. The predicted molar refractivity (Wildman–Crippen MR) is 146 cm³/mol. The van der Waals surface area contributed by atoms with Crippen LogP contribution in [0.2, 0.25) is 0 Å². The first kappa shape index (κ1) is 25.8. The number of rotatable bonds is 5. The zero-order chi connectivity index (χ0) is 27.7. The SMILES string of the molecule is Cc1ccc(Nc2ncc3cc(-c4cc(NC(=O)c5ccccc5C(F)(F)F)ccc4C)cc(C)c3n2)cn1. The van der Waals surface area contributed by atoms with E-state index in [9.17, 15) is 18.0 Å². The van der Waals surface area contributed by atoms with Crippen molar-refractivity contribution in [1.82, 2.24) is 15.0 Å². The van der Waals surface area contributed by atoms with Crippen LogP contribution in [-0.2, 0) is 6.18 Å². The van der Waals surface area contributed by atoms with Crippen molar-refractivity contribution in [1.29, 1.82) is 0 Å². The molecule has 0 spiro atoms. The molecule has 2 N–H and O–H groups in total. The fraction of sp³-hybridized carbons (Fsp3) is 0.133. The number of hydrogen-bond donors (Lipinski definition) is 2. The van der Waals surface area contributed by atoms with E-state index in [0.29, 0.717) is 11.6 Å². The lowest BCUT2D eigenvalue weighted by molar-refractivity contribution is -0.137. The number of aryl methyl sites for hydroxylation is 3. The number of alkyl halides is 3. The fourth-order valence-corrected chi connectivity index (χ4v) is 4.35. The van der Waals surface area contributed by atoms with Crippen molar-refractivity contribution in [3.05, 3.63) is 107 Å². The third-order valence-corrected chi connectivity index (χ3v) is 6.32. The van der Waals surface area contributed by atoms with Crippen LogP contribution < -0.4 is 10.6 Å². The van der Waals surface area contributed by atoms with E-state index in [-0.39, 0.29) is 0 Å². The molecule has 2 aromatic heterocycles.